The third-order valence-corrected chi connectivity index (χ3v) is 4.69. The number of hydrogen-bond acceptors (Lipinski definition) is 6. The Hall–Kier alpha value is -3.73. The second-order valence-corrected chi connectivity index (χ2v) is 7.92. The zero-order chi connectivity index (χ0) is 21.6. The SMILES string of the molecule is C=CCNC(=O)Nc1ccc(NC(=O)c2cc([N+](=O)[O-])cc(S(C)(=O)=O)c2)cc1. The molecule has 0 heterocycles. The summed E-state index contributed by atoms with van der Waals surface area (Å²) >= 11 is 0. The van der Waals surface area contributed by atoms with Crippen molar-refractivity contribution in [2.45, 2.75) is 4.90 Å². The van der Waals surface area contributed by atoms with Crippen LogP contribution in [0, 0.1) is 10.1 Å². The fourth-order valence-corrected chi connectivity index (χ4v) is 2.89. The van der Waals surface area contributed by atoms with Gasteiger partial charge in [0, 0.05) is 41.9 Å². The van der Waals surface area contributed by atoms with Crippen molar-refractivity contribution in [1.82, 2.24) is 5.32 Å². The van der Waals surface area contributed by atoms with Crippen molar-refractivity contribution in [3.8, 4) is 0 Å². The summed E-state index contributed by atoms with van der Waals surface area (Å²) in [5, 5.41) is 18.7. The van der Waals surface area contributed by atoms with Gasteiger partial charge in [0.1, 0.15) is 0 Å². The summed E-state index contributed by atoms with van der Waals surface area (Å²) in [6, 6.07) is 8.63. The van der Waals surface area contributed by atoms with Gasteiger partial charge < -0.3 is 16.0 Å². The quantitative estimate of drug-likeness (QED) is 0.358. The van der Waals surface area contributed by atoms with Crippen molar-refractivity contribution < 1.29 is 22.9 Å². The Morgan fingerprint density at radius 2 is 1.69 bits per heavy atom. The molecule has 10 nitrogen and oxygen atoms in total. The fourth-order valence-electron chi connectivity index (χ4n) is 2.21. The Kier molecular flexibility index (Phi) is 6.67. The highest BCUT2D eigenvalue weighted by Gasteiger charge is 2.19. The van der Waals surface area contributed by atoms with Crippen LogP contribution in [0.1, 0.15) is 10.4 Å². The standard InChI is InChI=1S/C18H18N4O6S/c1-3-8-19-18(24)21-14-6-4-13(5-7-14)20-17(23)12-9-15(22(25)26)11-16(10-12)29(2,27)28/h3-7,9-11H,1,8H2,2H3,(H,20,23)(H2,19,21,24). The topological polar surface area (TPSA) is 148 Å². The van der Waals surface area contributed by atoms with Crippen LogP contribution in [-0.2, 0) is 9.84 Å². The molecule has 2 aromatic rings. The van der Waals surface area contributed by atoms with Gasteiger partial charge in [-0.15, -0.1) is 6.58 Å². The molecule has 0 spiro atoms. The summed E-state index contributed by atoms with van der Waals surface area (Å²) < 4.78 is 23.5. The maximum atomic E-state index is 12.4. The molecule has 2 aromatic carbocycles. The number of nitrogens with zero attached hydrogens (tertiary/aromatic N) is 1. The Bertz CT molecular complexity index is 1060. The average Bonchev–Trinajstić information content (AvgIpc) is 2.66. The number of rotatable bonds is 7. The van der Waals surface area contributed by atoms with E-state index < -0.39 is 32.4 Å². The zero-order valence-corrected chi connectivity index (χ0v) is 16.2. The molecule has 0 radical (unpaired) electrons. The van der Waals surface area contributed by atoms with Gasteiger partial charge in [0.2, 0.25) is 0 Å². The first kappa shape index (κ1) is 21.6. The Labute approximate surface area is 166 Å². The molecule has 0 atom stereocenters. The molecule has 0 aliphatic heterocycles. The van der Waals surface area contributed by atoms with Gasteiger partial charge in [0.25, 0.3) is 11.6 Å². The number of sulfone groups is 1. The maximum Gasteiger partial charge on any atom is 0.319 e. The summed E-state index contributed by atoms with van der Waals surface area (Å²) in [6.07, 6.45) is 2.42. The van der Waals surface area contributed by atoms with Crippen molar-refractivity contribution in [1.29, 1.82) is 0 Å². The van der Waals surface area contributed by atoms with Gasteiger partial charge >= 0.3 is 6.03 Å². The Balaban J connectivity index is 2.17. The van der Waals surface area contributed by atoms with E-state index in [-0.39, 0.29) is 10.5 Å². The predicted octanol–water partition coefficient (Wildman–Crippen LogP) is 2.56. The molecule has 0 aliphatic carbocycles. The van der Waals surface area contributed by atoms with E-state index in [0.29, 0.717) is 17.9 Å². The van der Waals surface area contributed by atoms with Crippen LogP contribution in [0.3, 0.4) is 0 Å². The predicted molar refractivity (Wildman–Crippen MR) is 108 cm³/mol. The van der Waals surface area contributed by atoms with Gasteiger partial charge in [-0.1, -0.05) is 6.08 Å². The van der Waals surface area contributed by atoms with E-state index in [9.17, 15) is 28.1 Å². The number of anilines is 2. The molecule has 3 N–H and O–H groups in total. The zero-order valence-electron chi connectivity index (χ0n) is 15.3. The lowest BCUT2D eigenvalue weighted by atomic mass is 10.2. The number of hydrogen-bond donors (Lipinski definition) is 3. The molecule has 0 aromatic heterocycles. The third-order valence-electron chi connectivity index (χ3n) is 3.60. The van der Waals surface area contributed by atoms with Crippen LogP contribution in [0.15, 0.2) is 60.0 Å². The van der Waals surface area contributed by atoms with Crippen LogP contribution in [0.25, 0.3) is 0 Å². The number of amides is 3. The van der Waals surface area contributed by atoms with E-state index >= 15 is 0 Å². The highest BCUT2D eigenvalue weighted by molar-refractivity contribution is 7.90. The van der Waals surface area contributed by atoms with E-state index in [1.54, 1.807) is 12.1 Å². The lowest BCUT2D eigenvalue weighted by molar-refractivity contribution is -0.385. The normalized spacial score (nSPS) is 10.7. The van der Waals surface area contributed by atoms with E-state index in [1.807, 2.05) is 0 Å². The molecule has 0 aliphatic rings. The van der Waals surface area contributed by atoms with Crippen molar-refractivity contribution >= 4 is 38.8 Å². The fraction of sp³-hybridized carbons (Fsp3) is 0.111. The van der Waals surface area contributed by atoms with Crippen LogP contribution >= 0.6 is 0 Å². The first-order chi connectivity index (χ1) is 13.6. The minimum absolute atomic E-state index is 0.175. The van der Waals surface area contributed by atoms with Crippen molar-refractivity contribution in [3.05, 3.63) is 70.8 Å². The van der Waals surface area contributed by atoms with E-state index in [0.717, 1.165) is 24.5 Å². The molecule has 0 bridgehead atoms. The lowest BCUT2D eigenvalue weighted by Crippen LogP contribution is -2.28. The number of benzene rings is 2. The molecule has 0 saturated carbocycles. The molecular weight excluding hydrogens is 400 g/mol. The summed E-state index contributed by atoms with van der Waals surface area (Å²) in [7, 11) is -3.75. The second kappa shape index (κ2) is 8.97. The van der Waals surface area contributed by atoms with Crippen molar-refractivity contribution in [3.63, 3.8) is 0 Å². The van der Waals surface area contributed by atoms with Crippen molar-refractivity contribution in [2.24, 2.45) is 0 Å². The van der Waals surface area contributed by atoms with Gasteiger partial charge in [-0.2, -0.15) is 0 Å². The van der Waals surface area contributed by atoms with Crippen LogP contribution in [-0.4, -0.2) is 38.1 Å². The lowest BCUT2D eigenvalue weighted by Gasteiger charge is -2.09. The first-order valence-corrected chi connectivity index (χ1v) is 10.1. The van der Waals surface area contributed by atoms with Gasteiger partial charge in [0.15, 0.2) is 9.84 Å². The molecule has 11 heteroatoms. The minimum atomic E-state index is -3.75. The molecule has 0 unspecified atom stereocenters. The number of nitro benzene ring substituents is 1. The largest absolute Gasteiger partial charge is 0.334 e. The van der Waals surface area contributed by atoms with Crippen LogP contribution in [0.5, 0.6) is 0 Å². The van der Waals surface area contributed by atoms with Gasteiger partial charge in [-0.05, 0) is 30.3 Å². The maximum absolute atomic E-state index is 12.4. The third kappa shape index (κ3) is 6.14. The number of urea groups is 1. The van der Waals surface area contributed by atoms with E-state index in [2.05, 4.69) is 22.5 Å². The average molecular weight is 418 g/mol. The number of nitro groups is 1. The van der Waals surface area contributed by atoms with Crippen molar-refractivity contribution in [2.75, 3.05) is 23.4 Å². The second-order valence-electron chi connectivity index (χ2n) is 5.90. The monoisotopic (exact) mass is 418 g/mol. The van der Waals surface area contributed by atoms with Crippen LogP contribution in [0.2, 0.25) is 0 Å². The molecule has 29 heavy (non-hydrogen) atoms. The number of carbonyl (C=O) groups is 2. The molecule has 0 fully saturated rings. The molecule has 0 saturated heterocycles. The highest BCUT2D eigenvalue weighted by Crippen LogP contribution is 2.22. The van der Waals surface area contributed by atoms with E-state index in [1.165, 1.54) is 18.2 Å². The smallest absolute Gasteiger partial charge is 0.319 e. The Morgan fingerprint density at radius 1 is 1.10 bits per heavy atom. The number of carbonyl (C=O) groups excluding carboxylic acids is 2. The number of nitrogens with one attached hydrogen (secondary N) is 3. The van der Waals surface area contributed by atoms with Gasteiger partial charge in [-0.25, -0.2) is 13.2 Å². The summed E-state index contributed by atoms with van der Waals surface area (Å²) in [4.78, 5) is 33.9. The van der Waals surface area contributed by atoms with E-state index in [4.69, 9.17) is 0 Å². The number of non-ortho nitro benzene ring substituents is 1. The molecule has 3 amide bonds. The summed E-state index contributed by atoms with van der Waals surface area (Å²) in [6.45, 7) is 3.79. The summed E-state index contributed by atoms with van der Waals surface area (Å²) in [5.74, 6) is -0.719. The minimum Gasteiger partial charge on any atom is -0.334 e. The molecule has 152 valence electrons. The van der Waals surface area contributed by atoms with Crippen LogP contribution < -0.4 is 16.0 Å². The molecular formula is C18H18N4O6S. The highest BCUT2D eigenvalue weighted by atomic mass is 32.2. The first-order valence-electron chi connectivity index (χ1n) is 8.17. The summed E-state index contributed by atoms with van der Waals surface area (Å²) in [5.41, 5.74) is 0.132. The van der Waals surface area contributed by atoms with Crippen LogP contribution in [0.4, 0.5) is 21.9 Å². The van der Waals surface area contributed by atoms with Gasteiger partial charge in [-0.3, -0.25) is 14.9 Å². The Morgan fingerprint density at radius 3 is 2.21 bits per heavy atom. The molecule has 2 rings (SSSR count). The van der Waals surface area contributed by atoms with Gasteiger partial charge in [0.05, 0.1) is 9.82 Å².